The van der Waals surface area contributed by atoms with Crippen LogP contribution in [0.5, 0.6) is 0 Å². The summed E-state index contributed by atoms with van der Waals surface area (Å²) in [7, 11) is 0.159. The second kappa shape index (κ2) is 26.0. The number of aliphatic hydroxyl groups excluding tert-OH is 1. The highest BCUT2D eigenvalue weighted by atomic mass is 32.2. The summed E-state index contributed by atoms with van der Waals surface area (Å²) in [5.41, 5.74) is 2.21. The number of esters is 1. The average Bonchev–Trinajstić information content (AvgIpc) is 3.87. The van der Waals surface area contributed by atoms with Crippen LogP contribution in [0.2, 0.25) is 0 Å². The third-order valence-electron chi connectivity index (χ3n) is 12.9. The molecule has 0 aromatic heterocycles. The third-order valence-corrected chi connectivity index (χ3v) is 14.1. The van der Waals surface area contributed by atoms with Crippen molar-refractivity contribution in [2.45, 2.75) is 109 Å². The molecule has 1 aliphatic heterocycles. The highest BCUT2D eigenvalue weighted by Crippen LogP contribution is 2.25. The molecule has 5 N–H and O–H groups in total. The number of sulfonamides is 1. The van der Waals surface area contributed by atoms with Crippen LogP contribution in [0, 0.1) is 5.92 Å². The highest BCUT2D eigenvalue weighted by molar-refractivity contribution is 7.92. The second-order valence-corrected chi connectivity index (χ2v) is 21.0. The standard InChI is InChI=1S/C54H69N7O11S/c1-34(2)27-44(51(66)56-36(4)52(67)59(5)46(29-38-21-14-10-15-22-38)53(68)61-26-18-25-45(61)54(69)72-7)57-48(63)33-47(62)43(28-37-19-12-9-13-20-37)58-50(65)41-30-40(31-42(32-41)60(6)73(8,70)71)49(64)55-35(3)39-23-16-11-17-24-39/h9-17,19-24,30-32,34-36,43-47,62H,18,25-29,33H2,1-8H3,(H,55,64)(H,56,66)(H,57,63)(H,58,65)/t35-,36+,43+,44+,45+,46+,47+/m1/s1. The number of anilines is 1. The quantitative estimate of drug-likeness (QED) is 0.0667. The number of nitrogens with zero attached hydrogens (tertiary/aromatic N) is 3. The minimum Gasteiger partial charge on any atom is -0.467 e. The zero-order valence-electron chi connectivity index (χ0n) is 42.7. The Morgan fingerprint density at radius 1 is 0.753 bits per heavy atom. The molecular weight excluding hydrogens is 955 g/mol. The first-order valence-corrected chi connectivity index (χ1v) is 26.2. The van der Waals surface area contributed by atoms with E-state index in [1.54, 1.807) is 37.3 Å². The van der Waals surface area contributed by atoms with Crippen molar-refractivity contribution in [2.75, 3.05) is 38.3 Å². The number of likely N-dealkylation sites (N-methyl/N-ethyl adjacent to an activating group) is 1. The lowest BCUT2D eigenvalue weighted by molar-refractivity contribution is -0.154. The maximum atomic E-state index is 14.2. The molecule has 1 fully saturated rings. The van der Waals surface area contributed by atoms with E-state index < -0.39 is 100 Å². The van der Waals surface area contributed by atoms with Crippen LogP contribution in [0.4, 0.5) is 5.69 Å². The van der Waals surface area contributed by atoms with Gasteiger partial charge in [0.15, 0.2) is 0 Å². The molecule has 0 aliphatic carbocycles. The van der Waals surface area contributed by atoms with Crippen molar-refractivity contribution in [3.8, 4) is 0 Å². The Labute approximate surface area is 428 Å². The molecule has 19 heteroatoms. The molecule has 1 heterocycles. The first-order chi connectivity index (χ1) is 34.6. The van der Waals surface area contributed by atoms with Gasteiger partial charge in [-0.25, -0.2) is 13.2 Å². The molecule has 7 atom stereocenters. The van der Waals surface area contributed by atoms with Crippen molar-refractivity contribution >= 4 is 57.1 Å². The Kier molecular flexibility index (Phi) is 20.2. The van der Waals surface area contributed by atoms with Crippen molar-refractivity contribution in [2.24, 2.45) is 5.92 Å². The molecule has 0 unspecified atom stereocenters. The van der Waals surface area contributed by atoms with Crippen LogP contribution in [0.3, 0.4) is 0 Å². The molecular formula is C54H69N7O11S. The fourth-order valence-corrected chi connectivity index (χ4v) is 9.20. The van der Waals surface area contributed by atoms with Crippen molar-refractivity contribution < 1.29 is 51.8 Å². The first kappa shape index (κ1) is 56.8. The van der Waals surface area contributed by atoms with Gasteiger partial charge in [0, 0.05) is 38.2 Å². The van der Waals surface area contributed by atoms with Gasteiger partial charge >= 0.3 is 5.97 Å². The molecule has 0 bridgehead atoms. The summed E-state index contributed by atoms with van der Waals surface area (Å²) in [6, 6.07) is 25.4. The van der Waals surface area contributed by atoms with Crippen molar-refractivity contribution in [1.82, 2.24) is 31.1 Å². The van der Waals surface area contributed by atoms with Gasteiger partial charge in [0.1, 0.15) is 24.2 Å². The summed E-state index contributed by atoms with van der Waals surface area (Å²) in [6.45, 7) is 7.25. The molecule has 5 rings (SSSR count). The number of likely N-dealkylation sites (tertiary alicyclic amines) is 1. The Morgan fingerprint density at radius 2 is 1.30 bits per heavy atom. The lowest BCUT2D eigenvalue weighted by atomic mass is 9.97. The van der Waals surface area contributed by atoms with Gasteiger partial charge in [-0.2, -0.15) is 0 Å². The van der Waals surface area contributed by atoms with E-state index in [9.17, 15) is 47.1 Å². The number of hydrogen-bond donors (Lipinski definition) is 5. The predicted octanol–water partition coefficient (Wildman–Crippen LogP) is 3.93. The lowest BCUT2D eigenvalue weighted by Crippen LogP contribution is -2.58. The van der Waals surface area contributed by atoms with Gasteiger partial charge in [0.25, 0.3) is 11.8 Å². The van der Waals surface area contributed by atoms with Crippen LogP contribution in [0.25, 0.3) is 0 Å². The maximum absolute atomic E-state index is 14.2. The number of carbonyl (C=O) groups is 7. The van der Waals surface area contributed by atoms with Gasteiger partial charge in [-0.15, -0.1) is 0 Å². The third kappa shape index (κ3) is 15.9. The predicted molar refractivity (Wildman–Crippen MR) is 276 cm³/mol. The van der Waals surface area contributed by atoms with E-state index in [-0.39, 0.29) is 42.0 Å². The molecule has 6 amide bonds. The van der Waals surface area contributed by atoms with E-state index in [0.29, 0.717) is 24.9 Å². The number of carbonyl (C=O) groups excluding carboxylic acids is 7. The molecule has 4 aromatic rings. The number of ether oxygens (including phenoxy) is 1. The molecule has 4 aromatic carbocycles. The molecule has 1 saturated heterocycles. The van der Waals surface area contributed by atoms with E-state index in [0.717, 1.165) is 21.7 Å². The van der Waals surface area contributed by atoms with Crippen molar-refractivity contribution in [3.05, 3.63) is 137 Å². The molecule has 73 heavy (non-hydrogen) atoms. The molecule has 1 aliphatic rings. The summed E-state index contributed by atoms with van der Waals surface area (Å²) in [5, 5.41) is 22.9. The number of rotatable bonds is 23. The van der Waals surface area contributed by atoms with Crippen LogP contribution >= 0.6 is 0 Å². The Morgan fingerprint density at radius 3 is 1.85 bits per heavy atom. The van der Waals surface area contributed by atoms with Gasteiger partial charge in [-0.05, 0) is 80.3 Å². The normalized spacial score (nSPS) is 15.9. The lowest BCUT2D eigenvalue weighted by Gasteiger charge is -2.34. The number of benzene rings is 4. The fraction of sp³-hybridized carbons (Fsp3) is 0.426. The monoisotopic (exact) mass is 1020 g/mol. The fourth-order valence-electron chi connectivity index (χ4n) is 8.71. The van der Waals surface area contributed by atoms with E-state index in [1.165, 1.54) is 56.1 Å². The minimum atomic E-state index is -3.85. The zero-order valence-corrected chi connectivity index (χ0v) is 43.6. The molecule has 392 valence electrons. The maximum Gasteiger partial charge on any atom is 0.328 e. The van der Waals surface area contributed by atoms with Gasteiger partial charge in [0.05, 0.1) is 43.7 Å². The zero-order chi connectivity index (χ0) is 53.6. The number of nitrogens with one attached hydrogen (secondary N) is 4. The summed E-state index contributed by atoms with van der Waals surface area (Å²) in [6.07, 6.45) is 0.186. The molecule has 0 saturated carbocycles. The summed E-state index contributed by atoms with van der Waals surface area (Å²) < 4.78 is 31.3. The van der Waals surface area contributed by atoms with Gasteiger partial charge < -0.3 is 40.9 Å². The van der Waals surface area contributed by atoms with Crippen LogP contribution in [0.1, 0.15) is 96.8 Å². The molecule has 18 nitrogen and oxygen atoms in total. The smallest absolute Gasteiger partial charge is 0.328 e. The van der Waals surface area contributed by atoms with E-state index in [2.05, 4.69) is 21.3 Å². The summed E-state index contributed by atoms with van der Waals surface area (Å²) in [4.78, 5) is 99.4. The Bertz CT molecular complexity index is 2670. The van der Waals surface area contributed by atoms with Crippen molar-refractivity contribution in [1.29, 1.82) is 0 Å². The highest BCUT2D eigenvalue weighted by Gasteiger charge is 2.41. The summed E-state index contributed by atoms with van der Waals surface area (Å²) >= 11 is 0. The van der Waals surface area contributed by atoms with Crippen molar-refractivity contribution in [3.63, 3.8) is 0 Å². The SMILES string of the molecule is COC(=O)[C@@H]1CCCN1C(=O)[C@H](Cc1ccccc1)N(C)C(=O)[C@H](C)NC(=O)[C@H](CC(C)C)NC(=O)C[C@H](O)[C@H](Cc1ccccc1)NC(=O)c1cc(C(=O)N[C@H](C)c2ccccc2)cc(N(C)S(C)(=O)=O)c1. The van der Waals surface area contributed by atoms with E-state index in [1.807, 2.05) is 74.5 Å². The number of hydrogen-bond acceptors (Lipinski definition) is 11. The molecule has 0 spiro atoms. The minimum absolute atomic E-state index is 0.00560. The number of methoxy groups -OCH3 is 1. The van der Waals surface area contributed by atoms with Crippen LogP contribution in [-0.4, -0.2) is 135 Å². The molecule has 0 radical (unpaired) electrons. The second-order valence-electron chi connectivity index (χ2n) is 19.0. The average molecular weight is 1020 g/mol. The number of aliphatic hydroxyl groups is 1. The van der Waals surface area contributed by atoms with Gasteiger partial charge in [0.2, 0.25) is 33.7 Å². The van der Waals surface area contributed by atoms with Crippen LogP contribution in [0.15, 0.2) is 109 Å². The van der Waals surface area contributed by atoms with Gasteiger partial charge in [-0.1, -0.05) is 105 Å². The Balaban J connectivity index is 1.33. The Hall–Kier alpha value is -7.12. The van der Waals surface area contributed by atoms with Crippen LogP contribution in [-0.2, 0) is 51.6 Å². The topological polar surface area (TPSA) is 241 Å². The van der Waals surface area contributed by atoms with E-state index in [4.69, 9.17) is 4.74 Å². The number of amides is 6. The van der Waals surface area contributed by atoms with Gasteiger partial charge in [-0.3, -0.25) is 33.1 Å². The largest absolute Gasteiger partial charge is 0.467 e. The van der Waals surface area contributed by atoms with Crippen LogP contribution < -0.4 is 25.6 Å². The first-order valence-electron chi connectivity index (χ1n) is 24.3. The summed E-state index contributed by atoms with van der Waals surface area (Å²) in [5.74, 6) is -4.47. The van der Waals surface area contributed by atoms with E-state index >= 15 is 0 Å².